The number of carbonyl (C=O) groups is 2. The standard InChI is InChI=1S/C15H20N2O3/c1-15(2,3)20-14(19)17-12-7-5-4-6-10(12)8-9-11(16)13(17)18/h4-7,11H,8-9,16H2,1-3H3. The highest BCUT2D eigenvalue weighted by atomic mass is 16.6. The number of hydrogen-bond donors (Lipinski definition) is 1. The maximum Gasteiger partial charge on any atom is 0.421 e. The molecule has 5 heteroatoms. The van der Waals surface area contributed by atoms with Gasteiger partial charge in [-0.1, -0.05) is 18.2 Å². The van der Waals surface area contributed by atoms with Gasteiger partial charge in [-0.2, -0.15) is 0 Å². The number of anilines is 1. The topological polar surface area (TPSA) is 72.6 Å². The number of rotatable bonds is 0. The molecule has 2 rings (SSSR count). The lowest BCUT2D eigenvalue weighted by atomic mass is 10.1. The molecule has 0 radical (unpaired) electrons. The molecule has 0 saturated carbocycles. The van der Waals surface area contributed by atoms with Crippen molar-refractivity contribution < 1.29 is 14.3 Å². The van der Waals surface area contributed by atoms with Crippen LogP contribution in [0, 0.1) is 0 Å². The van der Waals surface area contributed by atoms with E-state index in [4.69, 9.17) is 10.5 Å². The second-order valence-electron chi connectivity index (χ2n) is 5.93. The summed E-state index contributed by atoms with van der Waals surface area (Å²) < 4.78 is 5.32. The van der Waals surface area contributed by atoms with E-state index in [1.54, 1.807) is 32.9 Å². The minimum Gasteiger partial charge on any atom is -0.443 e. The Kier molecular flexibility index (Phi) is 3.81. The first-order valence-electron chi connectivity index (χ1n) is 6.70. The maximum atomic E-state index is 12.3. The van der Waals surface area contributed by atoms with Gasteiger partial charge < -0.3 is 10.5 Å². The first-order chi connectivity index (χ1) is 9.29. The molecule has 1 aliphatic heterocycles. The Hall–Kier alpha value is -1.88. The Morgan fingerprint density at radius 1 is 1.35 bits per heavy atom. The average Bonchev–Trinajstić information content (AvgIpc) is 2.46. The smallest absolute Gasteiger partial charge is 0.421 e. The molecule has 2 amide bonds. The summed E-state index contributed by atoms with van der Waals surface area (Å²) >= 11 is 0. The molecule has 0 bridgehead atoms. The molecule has 0 aromatic heterocycles. The SMILES string of the molecule is CC(C)(C)OC(=O)N1C(=O)C(N)CCc2ccccc21. The zero-order valence-electron chi connectivity index (χ0n) is 12.1. The van der Waals surface area contributed by atoms with Gasteiger partial charge >= 0.3 is 6.09 Å². The van der Waals surface area contributed by atoms with Crippen LogP contribution in [0.4, 0.5) is 10.5 Å². The molecule has 0 fully saturated rings. The molecule has 0 aliphatic carbocycles. The van der Waals surface area contributed by atoms with Crippen molar-refractivity contribution >= 4 is 17.7 Å². The lowest BCUT2D eigenvalue weighted by Crippen LogP contribution is -2.48. The summed E-state index contributed by atoms with van der Waals surface area (Å²) in [5.41, 5.74) is 6.69. The van der Waals surface area contributed by atoms with Crippen LogP contribution >= 0.6 is 0 Å². The molecule has 20 heavy (non-hydrogen) atoms. The molecule has 1 atom stereocenters. The molecular formula is C15H20N2O3. The Morgan fingerprint density at radius 2 is 2.00 bits per heavy atom. The van der Waals surface area contributed by atoms with Gasteiger partial charge in [0.05, 0.1) is 11.7 Å². The molecule has 0 saturated heterocycles. The average molecular weight is 276 g/mol. The maximum absolute atomic E-state index is 12.3. The van der Waals surface area contributed by atoms with Gasteiger partial charge in [-0.3, -0.25) is 4.79 Å². The van der Waals surface area contributed by atoms with Crippen LogP contribution in [0.3, 0.4) is 0 Å². The van der Waals surface area contributed by atoms with Crippen LogP contribution in [0.5, 0.6) is 0 Å². The molecule has 1 aromatic carbocycles. The van der Waals surface area contributed by atoms with Crippen molar-refractivity contribution in [2.45, 2.75) is 45.3 Å². The number of amides is 2. The summed E-state index contributed by atoms with van der Waals surface area (Å²) in [6.45, 7) is 5.29. The van der Waals surface area contributed by atoms with Crippen LogP contribution in [0.25, 0.3) is 0 Å². The minimum atomic E-state index is -0.685. The van der Waals surface area contributed by atoms with Crippen LogP contribution in [0.1, 0.15) is 32.8 Å². The van der Waals surface area contributed by atoms with Gasteiger partial charge in [0.25, 0.3) is 5.91 Å². The van der Waals surface area contributed by atoms with E-state index in [1.165, 1.54) is 0 Å². The fraction of sp³-hybridized carbons (Fsp3) is 0.467. The Balaban J connectivity index is 2.41. The number of hydrogen-bond acceptors (Lipinski definition) is 4. The molecular weight excluding hydrogens is 256 g/mol. The van der Waals surface area contributed by atoms with Crippen molar-refractivity contribution in [3.63, 3.8) is 0 Å². The fourth-order valence-electron chi connectivity index (χ4n) is 2.16. The highest BCUT2D eigenvalue weighted by molar-refractivity contribution is 6.15. The van der Waals surface area contributed by atoms with Crippen molar-refractivity contribution in [3.05, 3.63) is 29.8 Å². The summed E-state index contributed by atoms with van der Waals surface area (Å²) in [5.74, 6) is -0.413. The Labute approximate surface area is 118 Å². The second kappa shape index (κ2) is 5.25. The summed E-state index contributed by atoms with van der Waals surface area (Å²) in [5, 5.41) is 0. The number of imide groups is 1. The monoisotopic (exact) mass is 276 g/mol. The fourth-order valence-corrected chi connectivity index (χ4v) is 2.16. The quantitative estimate of drug-likeness (QED) is 0.788. The number of benzene rings is 1. The van der Waals surface area contributed by atoms with E-state index in [0.717, 1.165) is 10.5 Å². The number of carbonyl (C=O) groups excluding carboxylic acids is 2. The number of nitrogens with two attached hydrogens (primary N) is 1. The summed E-state index contributed by atoms with van der Waals surface area (Å²) in [7, 11) is 0. The Morgan fingerprint density at radius 3 is 2.65 bits per heavy atom. The van der Waals surface area contributed by atoms with Crippen LogP contribution in [-0.4, -0.2) is 23.6 Å². The highest BCUT2D eigenvalue weighted by Crippen LogP contribution is 2.28. The lowest BCUT2D eigenvalue weighted by Gasteiger charge is -2.27. The normalized spacial score (nSPS) is 19.3. The molecule has 1 aliphatic rings. The van der Waals surface area contributed by atoms with Crippen LogP contribution in [0.15, 0.2) is 24.3 Å². The van der Waals surface area contributed by atoms with Crippen molar-refractivity contribution in [1.29, 1.82) is 0 Å². The number of aryl methyl sites for hydroxylation is 1. The summed E-state index contributed by atoms with van der Waals surface area (Å²) in [4.78, 5) is 25.7. The highest BCUT2D eigenvalue weighted by Gasteiger charge is 2.35. The van der Waals surface area contributed by atoms with E-state index >= 15 is 0 Å². The van der Waals surface area contributed by atoms with E-state index in [-0.39, 0.29) is 0 Å². The third-order valence-electron chi connectivity index (χ3n) is 3.07. The predicted molar refractivity (Wildman–Crippen MR) is 76.5 cm³/mol. The minimum absolute atomic E-state index is 0.413. The molecule has 2 N–H and O–H groups in total. The van der Waals surface area contributed by atoms with Gasteiger partial charge in [0.1, 0.15) is 5.60 Å². The van der Waals surface area contributed by atoms with Gasteiger partial charge in [0.15, 0.2) is 0 Å². The summed E-state index contributed by atoms with van der Waals surface area (Å²) in [6, 6.07) is 6.64. The van der Waals surface area contributed by atoms with Crippen molar-refractivity contribution in [3.8, 4) is 0 Å². The zero-order chi connectivity index (χ0) is 14.9. The number of nitrogens with zero attached hydrogens (tertiary/aromatic N) is 1. The van der Waals surface area contributed by atoms with Crippen LogP contribution in [0.2, 0.25) is 0 Å². The molecule has 1 heterocycles. The Bertz CT molecular complexity index is 534. The lowest BCUT2D eigenvalue weighted by molar-refractivity contribution is -0.119. The van der Waals surface area contributed by atoms with E-state index in [0.29, 0.717) is 18.5 Å². The van der Waals surface area contributed by atoms with Crippen molar-refractivity contribution in [1.82, 2.24) is 0 Å². The summed E-state index contributed by atoms with van der Waals surface area (Å²) in [6.07, 6.45) is 0.518. The van der Waals surface area contributed by atoms with Gasteiger partial charge in [0, 0.05) is 0 Å². The number of fused-ring (bicyclic) bond motifs is 1. The van der Waals surface area contributed by atoms with E-state index in [1.807, 2.05) is 12.1 Å². The third-order valence-corrected chi connectivity index (χ3v) is 3.07. The van der Waals surface area contributed by atoms with E-state index in [2.05, 4.69) is 0 Å². The van der Waals surface area contributed by atoms with Crippen molar-refractivity contribution in [2.75, 3.05) is 4.90 Å². The van der Waals surface area contributed by atoms with Crippen LogP contribution < -0.4 is 10.6 Å². The van der Waals surface area contributed by atoms with Crippen LogP contribution in [-0.2, 0) is 16.0 Å². The van der Waals surface area contributed by atoms with E-state index in [9.17, 15) is 9.59 Å². The molecule has 1 aromatic rings. The third kappa shape index (κ3) is 2.99. The second-order valence-corrected chi connectivity index (χ2v) is 5.93. The molecule has 108 valence electrons. The van der Waals surface area contributed by atoms with Gasteiger partial charge in [0.2, 0.25) is 0 Å². The predicted octanol–water partition coefficient (Wildman–Crippen LogP) is 2.23. The molecule has 0 spiro atoms. The first-order valence-corrected chi connectivity index (χ1v) is 6.70. The molecule has 1 unspecified atom stereocenters. The first kappa shape index (κ1) is 14.5. The number of para-hydroxylation sites is 1. The van der Waals surface area contributed by atoms with Gasteiger partial charge in [-0.15, -0.1) is 0 Å². The van der Waals surface area contributed by atoms with Gasteiger partial charge in [-0.05, 0) is 45.2 Å². The zero-order valence-corrected chi connectivity index (χ0v) is 12.1. The van der Waals surface area contributed by atoms with Crippen molar-refractivity contribution in [2.24, 2.45) is 5.73 Å². The van der Waals surface area contributed by atoms with Gasteiger partial charge in [-0.25, -0.2) is 9.69 Å². The largest absolute Gasteiger partial charge is 0.443 e. The number of ether oxygens (including phenoxy) is 1. The van der Waals surface area contributed by atoms with E-state index < -0.39 is 23.6 Å². The molecule has 5 nitrogen and oxygen atoms in total.